The van der Waals surface area contributed by atoms with E-state index < -0.39 is 34.1 Å². The molecule has 2 aromatic carbocycles. The molecule has 2 amide bonds. The van der Waals surface area contributed by atoms with Gasteiger partial charge in [-0.1, -0.05) is 6.07 Å². The standard InChI is InChI=1S/C25H29FN6O5S/c1-30-13-20(33)11-28-38(35,36)24-8-3-16(17-10-27-31(2)12-17)9-22(24)37-23-15-32(14-21(23)30)25(34)29-19-6-4-18(26)5-7-19/h3-10,12,20-21,23,28,33H,11,13-15H2,1-2H3,(H,29,34)/t20-,21+,23-/m0/s1. The van der Waals surface area contributed by atoms with Gasteiger partial charge in [-0.2, -0.15) is 5.10 Å². The molecule has 3 heterocycles. The van der Waals surface area contributed by atoms with Gasteiger partial charge in [0.2, 0.25) is 10.0 Å². The summed E-state index contributed by atoms with van der Waals surface area (Å²) in [5, 5.41) is 17.5. The van der Waals surface area contributed by atoms with Gasteiger partial charge in [-0.25, -0.2) is 22.3 Å². The number of aliphatic hydroxyl groups is 1. The summed E-state index contributed by atoms with van der Waals surface area (Å²) in [6, 6.07) is 9.52. The first-order chi connectivity index (χ1) is 18.1. The van der Waals surface area contributed by atoms with Crippen molar-refractivity contribution in [1.29, 1.82) is 0 Å². The smallest absolute Gasteiger partial charge is 0.322 e. The molecular formula is C25H29FN6O5S. The van der Waals surface area contributed by atoms with E-state index >= 15 is 0 Å². The lowest BCUT2D eigenvalue weighted by Crippen LogP contribution is -2.47. The van der Waals surface area contributed by atoms with Crippen LogP contribution >= 0.6 is 0 Å². The number of anilines is 1. The van der Waals surface area contributed by atoms with Gasteiger partial charge < -0.3 is 20.1 Å². The van der Waals surface area contributed by atoms with E-state index in [1.165, 1.54) is 30.3 Å². The summed E-state index contributed by atoms with van der Waals surface area (Å²) in [5.41, 5.74) is 1.95. The van der Waals surface area contributed by atoms with Crippen LogP contribution in [0, 0.1) is 5.82 Å². The highest BCUT2D eigenvalue weighted by molar-refractivity contribution is 7.89. The van der Waals surface area contributed by atoms with Crippen LogP contribution in [0.1, 0.15) is 0 Å². The molecule has 0 spiro atoms. The molecule has 1 saturated heterocycles. The quantitative estimate of drug-likeness (QED) is 0.446. The minimum atomic E-state index is -4.00. The zero-order valence-corrected chi connectivity index (χ0v) is 21.7. The van der Waals surface area contributed by atoms with Crippen LogP contribution in [0.3, 0.4) is 0 Å². The van der Waals surface area contributed by atoms with E-state index in [2.05, 4.69) is 15.1 Å². The molecule has 0 aliphatic carbocycles. The number of ether oxygens (including phenoxy) is 1. The number of aromatic nitrogens is 2. The number of hydrogen-bond donors (Lipinski definition) is 3. The van der Waals surface area contributed by atoms with Crippen molar-refractivity contribution in [2.24, 2.45) is 7.05 Å². The SMILES string of the molecule is CN1C[C@@H](O)CNS(=O)(=O)c2ccc(-c3cnn(C)c3)cc2O[C@H]2CN(C(=O)Nc3ccc(F)cc3)C[C@H]21. The van der Waals surface area contributed by atoms with Crippen LogP contribution in [-0.2, 0) is 17.1 Å². The number of likely N-dealkylation sites (N-methyl/N-ethyl adjacent to an activating group) is 1. The minimum Gasteiger partial charge on any atom is -0.485 e. The van der Waals surface area contributed by atoms with Crippen LogP contribution in [0.5, 0.6) is 5.75 Å². The van der Waals surface area contributed by atoms with Crippen LogP contribution < -0.4 is 14.8 Å². The molecule has 2 aliphatic rings. The highest BCUT2D eigenvalue weighted by Gasteiger charge is 2.41. The number of halogens is 1. The normalized spacial score (nSPS) is 23.6. The van der Waals surface area contributed by atoms with Crippen LogP contribution in [0.15, 0.2) is 59.8 Å². The lowest BCUT2D eigenvalue weighted by Gasteiger charge is -2.30. The maximum atomic E-state index is 13.3. The summed E-state index contributed by atoms with van der Waals surface area (Å²) in [7, 11) is -0.419. The molecule has 0 unspecified atom stereocenters. The molecule has 202 valence electrons. The Morgan fingerprint density at radius 3 is 2.61 bits per heavy atom. The van der Waals surface area contributed by atoms with Gasteiger partial charge in [-0.15, -0.1) is 0 Å². The molecule has 11 nitrogen and oxygen atoms in total. The van der Waals surface area contributed by atoms with Crippen molar-refractivity contribution in [1.82, 2.24) is 24.3 Å². The number of β-amino-alcohol motifs (C(OH)–C–C–N with tert-alkyl or cyclic N) is 1. The number of carbonyl (C=O) groups excluding carboxylic acids is 1. The van der Waals surface area contributed by atoms with E-state index in [4.69, 9.17) is 4.74 Å². The number of nitrogens with zero attached hydrogens (tertiary/aromatic N) is 4. The van der Waals surface area contributed by atoms with E-state index in [1.54, 1.807) is 42.0 Å². The van der Waals surface area contributed by atoms with Crippen molar-refractivity contribution in [3.63, 3.8) is 0 Å². The zero-order chi connectivity index (χ0) is 27.0. The Hall–Kier alpha value is -3.52. The average molecular weight is 545 g/mol. The molecule has 13 heteroatoms. The third-order valence-corrected chi connectivity index (χ3v) is 8.21. The number of aliphatic hydroxyl groups excluding tert-OH is 1. The first kappa shape index (κ1) is 26.1. The maximum Gasteiger partial charge on any atom is 0.322 e. The van der Waals surface area contributed by atoms with Crippen LogP contribution in [0.4, 0.5) is 14.9 Å². The minimum absolute atomic E-state index is 0.0603. The lowest BCUT2D eigenvalue weighted by atomic mass is 10.1. The van der Waals surface area contributed by atoms with E-state index in [1.807, 2.05) is 11.1 Å². The van der Waals surface area contributed by atoms with Crippen molar-refractivity contribution in [3.05, 3.63) is 60.7 Å². The van der Waals surface area contributed by atoms with Gasteiger partial charge in [-0.3, -0.25) is 9.58 Å². The van der Waals surface area contributed by atoms with Crippen molar-refractivity contribution >= 4 is 21.7 Å². The number of aryl methyl sites for hydroxylation is 1. The van der Waals surface area contributed by atoms with Crippen molar-refractivity contribution in [2.75, 3.05) is 38.5 Å². The fourth-order valence-corrected chi connectivity index (χ4v) is 5.93. The Morgan fingerprint density at radius 2 is 1.89 bits per heavy atom. The van der Waals surface area contributed by atoms with Crippen molar-refractivity contribution in [3.8, 4) is 16.9 Å². The Bertz CT molecular complexity index is 1430. The average Bonchev–Trinajstić information content (AvgIpc) is 3.50. The zero-order valence-electron chi connectivity index (χ0n) is 20.9. The molecule has 3 atom stereocenters. The second-order valence-electron chi connectivity index (χ2n) is 9.58. The van der Waals surface area contributed by atoms with Gasteiger partial charge in [-0.05, 0) is 49.0 Å². The molecule has 3 N–H and O–H groups in total. The number of hydrogen-bond acceptors (Lipinski definition) is 7. The highest BCUT2D eigenvalue weighted by atomic mass is 32.2. The first-order valence-corrected chi connectivity index (χ1v) is 13.6. The van der Waals surface area contributed by atoms with E-state index in [0.29, 0.717) is 5.69 Å². The largest absolute Gasteiger partial charge is 0.485 e. The topological polar surface area (TPSA) is 129 Å². The number of likely N-dealkylation sites (tertiary alicyclic amines) is 1. The predicted molar refractivity (Wildman–Crippen MR) is 138 cm³/mol. The van der Waals surface area contributed by atoms with Gasteiger partial charge in [0.25, 0.3) is 0 Å². The summed E-state index contributed by atoms with van der Waals surface area (Å²) in [6.45, 7) is 0.432. The molecule has 5 rings (SSSR count). The van der Waals surface area contributed by atoms with Crippen LogP contribution in [0.25, 0.3) is 11.1 Å². The summed E-state index contributed by atoms with van der Waals surface area (Å²) < 4.78 is 50.1. The first-order valence-electron chi connectivity index (χ1n) is 12.1. The molecule has 0 bridgehead atoms. The molecular weight excluding hydrogens is 515 g/mol. The molecule has 38 heavy (non-hydrogen) atoms. The molecule has 0 radical (unpaired) electrons. The molecule has 0 saturated carbocycles. The molecule has 1 fully saturated rings. The molecule has 1 aromatic heterocycles. The Kier molecular flexibility index (Phi) is 7.09. The van der Waals surface area contributed by atoms with E-state index in [9.17, 15) is 22.7 Å². The number of rotatable bonds is 2. The van der Waals surface area contributed by atoms with E-state index in [-0.39, 0.29) is 42.9 Å². The summed E-state index contributed by atoms with van der Waals surface area (Å²) in [5.74, 6) is -0.271. The third-order valence-electron chi connectivity index (χ3n) is 6.74. The number of nitrogens with one attached hydrogen (secondary N) is 2. The number of carbonyl (C=O) groups is 1. The fourth-order valence-electron chi connectivity index (χ4n) is 4.75. The van der Waals surface area contributed by atoms with Gasteiger partial charge >= 0.3 is 6.03 Å². The maximum absolute atomic E-state index is 13.3. The number of fused-ring (bicyclic) bond motifs is 2. The highest BCUT2D eigenvalue weighted by Crippen LogP contribution is 2.33. The second-order valence-corrected chi connectivity index (χ2v) is 11.3. The Morgan fingerprint density at radius 1 is 1.13 bits per heavy atom. The van der Waals surface area contributed by atoms with Gasteiger partial charge in [0.05, 0.1) is 24.9 Å². The van der Waals surface area contributed by atoms with E-state index in [0.717, 1.165) is 11.1 Å². The van der Waals surface area contributed by atoms with Gasteiger partial charge in [0.15, 0.2) is 0 Å². The van der Waals surface area contributed by atoms with Gasteiger partial charge in [0, 0.05) is 44.1 Å². The monoisotopic (exact) mass is 544 g/mol. The summed E-state index contributed by atoms with van der Waals surface area (Å²) >= 11 is 0. The summed E-state index contributed by atoms with van der Waals surface area (Å²) in [6.07, 6.45) is 1.91. The Balaban J connectivity index is 1.48. The van der Waals surface area contributed by atoms with Crippen molar-refractivity contribution in [2.45, 2.75) is 23.1 Å². The predicted octanol–water partition coefficient (Wildman–Crippen LogP) is 1.47. The molecule has 3 aromatic rings. The number of amides is 2. The number of sulfonamides is 1. The fraction of sp³-hybridized carbons (Fsp3) is 0.360. The summed E-state index contributed by atoms with van der Waals surface area (Å²) in [4.78, 5) is 16.4. The molecule has 2 aliphatic heterocycles. The number of urea groups is 1. The second kappa shape index (κ2) is 10.3. The number of benzene rings is 2. The van der Waals surface area contributed by atoms with Gasteiger partial charge in [0.1, 0.15) is 22.6 Å². The van der Waals surface area contributed by atoms with Crippen LogP contribution in [0.2, 0.25) is 0 Å². The van der Waals surface area contributed by atoms with Crippen LogP contribution in [-0.4, -0.2) is 90.6 Å². The lowest BCUT2D eigenvalue weighted by molar-refractivity contribution is 0.0713. The third kappa shape index (κ3) is 5.50. The Labute approximate surface area is 219 Å². The van der Waals surface area contributed by atoms with Crippen molar-refractivity contribution < 1.29 is 27.4 Å².